The Bertz CT molecular complexity index is 406. The molecule has 0 bridgehead atoms. The van der Waals surface area contributed by atoms with Gasteiger partial charge in [-0.25, -0.2) is 0 Å². The summed E-state index contributed by atoms with van der Waals surface area (Å²) in [5, 5.41) is 21.3. The normalized spacial score (nSPS) is 17.3. The number of morpholine rings is 1. The van der Waals surface area contributed by atoms with Crippen molar-refractivity contribution < 1.29 is 14.9 Å². The van der Waals surface area contributed by atoms with E-state index in [4.69, 9.17) is 9.84 Å². The lowest BCUT2D eigenvalue weighted by Crippen LogP contribution is -2.36. The molecule has 19 heavy (non-hydrogen) atoms. The molecule has 1 unspecified atom stereocenters. The molecule has 1 heterocycles. The van der Waals surface area contributed by atoms with Crippen LogP contribution >= 0.6 is 0 Å². The van der Waals surface area contributed by atoms with Gasteiger partial charge in [-0.2, -0.15) is 0 Å². The Morgan fingerprint density at radius 1 is 1.37 bits per heavy atom. The molecule has 0 aromatic heterocycles. The van der Waals surface area contributed by atoms with Crippen molar-refractivity contribution in [1.29, 1.82) is 0 Å². The highest BCUT2D eigenvalue weighted by molar-refractivity contribution is 5.60. The monoisotopic (exact) mass is 266 g/mol. The summed E-state index contributed by atoms with van der Waals surface area (Å²) in [5.41, 5.74) is 3.33. The van der Waals surface area contributed by atoms with Crippen LogP contribution in [0.4, 0.5) is 11.4 Å². The minimum Gasteiger partial charge on any atom is -0.394 e. The second kappa shape index (κ2) is 6.75. The number of benzene rings is 1. The van der Waals surface area contributed by atoms with Gasteiger partial charge in [0.15, 0.2) is 0 Å². The second-order valence-corrected chi connectivity index (χ2v) is 4.82. The maximum Gasteiger partial charge on any atom is 0.0942 e. The Hall–Kier alpha value is -1.30. The van der Waals surface area contributed by atoms with Gasteiger partial charge in [0.2, 0.25) is 0 Å². The molecule has 0 aliphatic carbocycles. The highest BCUT2D eigenvalue weighted by Gasteiger charge is 2.12. The van der Waals surface area contributed by atoms with Crippen molar-refractivity contribution in [3.8, 4) is 0 Å². The van der Waals surface area contributed by atoms with Gasteiger partial charge >= 0.3 is 0 Å². The van der Waals surface area contributed by atoms with E-state index in [1.807, 2.05) is 13.0 Å². The zero-order valence-corrected chi connectivity index (χ0v) is 11.3. The molecule has 1 saturated heterocycles. The predicted molar refractivity (Wildman–Crippen MR) is 75.8 cm³/mol. The molecular weight excluding hydrogens is 244 g/mol. The summed E-state index contributed by atoms with van der Waals surface area (Å²) in [6.07, 6.45) is -0.724. The van der Waals surface area contributed by atoms with E-state index in [1.54, 1.807) is 0 Å². The number of nitrogens with one attached hydrogen (secondary N) is 1. The fourth-order valence-electron chi connectivity index (χ4n) is 2.16. The fraction of sp³-hybridized carbons (Fsp3) is 0.571. The zero-order valence-electron chi connectivity index (χ0n) is 11.3. The van der Waals surface area contributed by atoms with E-state index in [9.17, 15) is 5.11 Å². The summed E-state index contributed by atoms with van der Waals surface area (Å²) < 4.78 is 5.35. The van der Waals surface area contributed by atoms with E-state index >= 15 is 0 Å². The number of ether oxygens (including phenoxy) is 1. The first kappa shape index (κ1) is 14.1. The minimum atomic E-state index is -0.724. The van der Waals surface area contributed by atoms with Crippen molar-refractivity contribution in [2.45, 2.75) is 13.0 Å². The quantitative estimate of drug-likeness (QED) is 0.728. The molecule has 5 nitrogen and oxygen atoms in total. The van der Waals surface area contributed by atoms with Gasteiger partial charge in [0.05, 0.1) is 25.9 Å². The lowest BCUT2D eigenvalue weighted by molar-refractivity contribution is 0.105. The number of rotatable bonds is 5. The van der Waals surface area contributed by atoms with Gasteiger partial charge in [0.1, 0.15) is 0 Å². The van der Waals surface area contributed by atoms with Crippen molar-refractivity contribution in [3.63, 3.8) is 0 Å². The highest BCUT2D eigenvalue weighted by atomic mass is 16.5. The molecule has 1 atom stereocenters. The predicted octanol–water partition coefficient (Wildman–Crippen LogP) is 0.597. The van der Waals surface area contributed by atoms with Crippen LogP contribution < -0.4 is 10.2 Å². The molecule has 1 aliphatic rings. The van der Waals surface area contributed by atoms with Crippen LogP contribution in [0.2, 0.25) is 0 Å². The van der Waals surface area contributed by atoms with Crippen molar-refractivity contribution >= 4 is 11.4 Å². The highest BCUT2D eigenvalue weighted by Crippen LogP contribution is 2.23. The lowest BCUT2D eigenvalue weighted by Gasteiger charge is -2.29. The summed E-state index contributed by atoms with van der Waals surface area (Å²) >= 11 is 0. The van der Waals surface area contributed by atoms with Crippen LogP contribution in [0.1, 0.15) is 5.56 Å². The third-order valence-corrected chi connectivity index (χ3v) is 3.33. The van der Waals surface area contributed by atoms with Crippen molar-refractivity contribution in [2.24, 2.45) is 0 Å². The molecule has 3 N–H and O–H groups in total. The van der Waals surface area contributed by atoms with E-state index < -0.39 is 6.10 Å². The van der Waals surface area contributed by atoms with Crippen LogP contribution in [0, 0.1) is 6.92 Å². The Labute approximate surface area is 113 Å². The fourth-order valence-corrected chi connectivity index (χ4v) is 2.16. The number of hydrogen-bond acceptors (Lipinski definition) is 5. The van der Waals surface area contributed by atoms with E-state index in [0.717, 1.165) is 37.6 Å². The van der Waals surface area contributed by atoms with Gasteiger partial charge in [-0.1, -0.05) is 0 Å². The van der Waals surface area contributed by atoms with Gasteiger partial charge in [-0.3, -0.25) is 0 Å². The summed E-state index contributed by atoms with van der Waals surface area (Å²) in [6, 6.07) is 6.23. The zero-order chi connectivity index (χ0) is 13.7. The van der Waals surface area contributed by atoms with Crippen molar-refractivity contribution in [1.82, 2.24) is 0 Å². The second-order valence-electron chi connectivity index (χ2n) is 4.82. The summed E-state index contributed by atoms with van der Waals surface area (Å²) in [6.45, 7) is 5.58. The third kappa shape index (κ3) is 3.83. The number of nitrogens with zero attached hydrogens (tertiary/aromatic N) is 1. The smallest absolute Gasteiger partial charge is 0.0942 e. The van der Waals surface area contributed by atoms with Gasteiger partial charge in [0, 0.05) is 31.0 Å². The van der Waals surface area contributed by atoms with E-state index in [2.05, 4.69) is 22.3 Å². The largest absolute Gasteiger partial charge is 0.394 e. The molecule has 0 radical (unpaired) electrons. The Morgan fingerprint density at radius 3 is 2.74 bits per heavy atom. The molecule has 1 aromatic carbocycles. The van der Waals surface area contributed by atoms with Gasteiger partial charge in [0.25, 0.3) is 0 Å². The van der Waals surface area contributed by atoms with E-state index in [-0.39, 0.29) is 6.61 Å². The van der Waals surface area contributed by atoms with Crippen LogP contribution in [0.5, 0.6) is 0 Å². The Kier molecular flexibility index (Phi) is 5.01. The average molecular weight is 266 g/mol. The molecule has 0 spiro atoms. The molecule has 0 amide bonds. The van der Waals surface area contributed by atoms with Crippen LogP contribution in [0.3, 0.4) is 0 Å². The Morgan fingerprint density at radius 2 is 2.11 bits per heavy atom. The third-order valence-electron chi connectivity index (χ3n) is 3.33. The topological polar surface area (TPSA) is 65.0 Å². The minimum absolute atomic E-state index is 0.224. The first-order valence-electron chi connectivity index (χ1n) is 6.67. The molecular formula is C14H22N2O3. The summed E-state index contributed by atoms with van der Waals surface area (Å²) in [5.74, 6) is 0. The van der Waals surface area contributed by atoms with Crippen LogP contribution in [0.25, 0.3) is 0 Å². The average Bonchev–Trinajstić information content (AvgIpc) is 2.46. The van der Waals surface area contributed by atoms with Crippen LogP contribution in [-0.2, 0) is 4.74 Å². The lowest BCUT2D eigenvalue weighted by atomic mass is 10.1. The molecule has 2 rings (SSSR count). The number of aliphatic hydroxyl groups is 2. The molecule has 1 fully saturated rings. The van der Waals surface area contributed by atoms with Crippen LogP contribution in [0.15, 0.2) is 18.2 Å². The van der Waals surface area contributed by atoms with E-state index in [1.165, 1.54) is 5.69 Å². The molecule has 1 aromatic rings. The molecule has 1 aliphatic heterocycles. The van der Waals surface area contributed by atoms with Crippen molar-refractivity contribution in [2.75, 3.05) is 49.7 Å². The first-order chi connectivity index (χ1) is 9.20. The van der Waals surface area contributed by atoms with Gasteiger partial charge in [-0.15, -0.1) is 0 Å². The Balaban J connectivity index is 1.99. The standard InChI is InChI=1S/C14H22N2O3/c1-11-8-12(16-4-6-19-7-5-16)2-3-14(11)15-9-13(18)10-17/h2-3,8,13,15,17-18H,4-7,9-10H2,1H3. The number of aryl methyl sites for hydroxylation is 1. The molecule has 5 heteroatoms. The maximum atomic E-state index is 9.33. The molecule has 106 valence electrons. The number of anilines is 2. The molecule has 0 saturated carbocycles. The summed E-state index contributed by atoms with van der Waals surface area (Å²) in [7, 11) is 0. The number of hydrogen-bond donors (Lipinski definition) is 3. The van der Waals surface area contributed by atoms with Crippen molar-refractivity contribution in [3.05, 3.63) is 23.8 Å². The number of aliphatic hydroxyl groups excluding tert-OH is 2. The van der Waals surface area contributed by atoms with Gasteiger partial charge < -0.3 is 25.2 Å². The van der Waals surface area contributed by atoms with Gasteiger partial charge in [-0.05, 0) is 30.7 Å². The van der Waals surface area contributed by atoms with E-state index in [0.29, 0.717) is 6.54 Å². The summed E-state index contributed by atoms with van der Waals surface area (Å²) in [4.78, 5) is 2.31. The first-order valence-corrected chi connectivity index (χ1v) is 6.67. The van der Waals surface area contributed by atoms with Crippen LogP contribution in [-0.4, -0.2) is 55.8 Å². The maximum absolute atomic E-state index is 9.33. The SMILES string of the molecule is Cc1cc(N2CCOCC2)ccc1NCC(O)CO.